The Bertz CT molecular complexity index is 603. The summed E-state index contributed by atoms with van der Waals surface area (Å²) >= 11 is 0. The summed E-state index contributed by atoms with van der Waals surface area (Å²) < 4.78 is 4.68. The number of benzene rings is 1. The molecule has 3 rings (SSSR count). The third-order valence-corrected chi connectivity index (χ3v) is 3.84. The molecule has 0 saturated carbocycles. The van der Waals surface area contributed by atoms with E-state index in [1.54, 1.807) is 0 Å². The highest BCUT2D eigenvalue weighted by Gasteiger charge is 2.24. The largest absolute Gasteiger partial charge is 0.468 e. The van der Waals surface area contributed by atoms with Gasteiger partial charge in [-0.1, -0.05) is 18.2 Å². The van der Waals surface area contributed by atoms with E-state index in [2.05, 4.69) is 33.2 Å². The number of aromatic nitrogens is 1. The third kappa shape index (κ3) is 2.24. The van der Waals surface area contributed by atoms with Crippen molar-refractivity contribution in [1.29, 1.82) is 0 Å². The number of rotatable bonds is 3. The lowest BCUT2D eigenvalue weighted by atomic mass is 9.92. The van der Waals surface area contributed by atoms with E-state index in [1.807, 2.05) is 6.07 Å². The lowest BCUT2D eigenvalue weighted by Crippen LogP contribution is -2.30. The fourth-order valence-corrected chi connectivity index (χ4v) is 2.90. The molecule has 1 aliphatic rings. The van der Waals surface area contributed by atoms with E-state index in [0.29, 0.717) is 0 Å². The Kier molecular flexibility index (Phi) is 3.25. The summed E-state index contributed by atoms with van der Waals surface area (Å²) in [7, 11) is 1.42. The summed E-state index contributed by atoms with van der Waals surface area (Å²) in [5, 5.41) is 4.59. The first-order valence-electron chi connectivity index (χ1n) is 6.69. The SMILES string of the molecule is COC(=O)CNC1CCCc2c1[nH]c1ccccc21. The Morgan fingerprint density at radius 2 is 2.32 bits per heavy atom. The first-order valence-corrected chi connectivity index (χ1v) is 6.69. The minimum Gasteiger partial charge on any atom is -0.468 e. The maximum Gasteiger partial charge on any atom is 0.319 e. The van der Waals surface area contributed by atoms with Crippen LogP contribution < -0.4 is 5.32 Å². The molecule has 1 aromatic heterocycles. The molecule has 1 aromatic carbocycles. The van der Waals surface area contributed by atoms with E-state index < -0.39 is 0 Å². The van der Waals surface area contributed by atoms with Crippen molar-refractivity contribution in [3.63, 3.8) is 0 Å². The van der Waals surface area contributed by atoms with Crippen molar-refractivity contribution >= 4 is 16.9 Å². The van der Waals surface area contributed by atoms with E-state index >= 15 is 0 Å². The van der Waals surface area contributed by atoms with Crippen LogP contribution in [0.4, 0.5) is 0 Å². The van der Waals surface area contributed by atoms with Crippen LogP contribution in [-0.4, -0.2) is 24.6 Å². The zero-order valence-corrected chi connectivity index (χ0v) is 11.0. The number of H-pyrrole nitrogens is 1. The number of aromatic amines is 1. The summed E-state index contributed by atoms with van der Waals surface area (Å²) in [6.07, 6.45) is 3.31. The van der Waals surface area contributed by atoms with Crippen molar-refractivity contribution in [2.75, 3.05) is 13.7 Å². The van der Waals surface area contributed by atoms with Gasteiger partial charge in [0.05, 0.1) is 13.7 Å². The number of methoxy groups -OCH3 is 1. The van der Waals surface area contributed by atoms with Gasteiger partial charge in [0, 0.05) is 22.6 Å². The molecule has 19 heavy (non-hydrogen) atoms. The number of hydrogen-bond acceptors (Lipinski definition) is 3. The second-order valence-corrected chi connectivity index (χ2v) is 4.96. The van der Waals surface area contributed by atoms with Gasteiger partial charge in [-0.3, -0.25) is 10.1 Å². The molecule has 4 heteroatoms. The van der Waals surface area contributed by atoms with Crippen LogP contribution in [0.2, 0.25) is 0 Å². The molecule has 0 aliphatic heterocycles. The number of ether oxygens (including phenoxy) is 1. The summed E-state index contributed by atoms with van der Waals surface area (Å²) in [5.41, 5.74) is 3.81. The van der Waals surface area contributed by atoms with Gasteiger partial charge < -0.3 is 9.72 Å². The summed E-state index contributed by atoms with van der Waals surface area (Å²) in [6, 6.07) is 8.59. The molecular formula is C15H18N2O2. The summed E-state index contributed by atoms with van der Waals surface area (Å²) in [5.74, 6) is -0.219. The lowest BCUT2D eigenvalue weighted by molar-refractivity contribution is -0.139. The van der Waals surface area contributed by atoms with Gasteiger partial charge in [-0.15, -0.1) is 0 Å². The second-order valence-electron chi connectivity index (χ2n) is 4.96. The first-order chi connectivity index (χ1) is 9.29. The number of esters is 1. The maximum absolute atomic E-state index is 11.2. The maximum atomic E-state index is 11.2. The first kappa shape index (κ1) is 12.2. The van der Waals surface area contributed by atoms with E-state index in [4.69, 9.17) is 0 Å². The number of nitrogens with one attached hydrogen (secondary N) is 2. The number of carbonyl (C=O) groups is 1. The summed E-state index contributed by atoms with van der Waals surface area (Å²) in [4.78, 5) is 14.7. The molecule has 1 atom stereocenters. The van der Waals surface area contributed by atoms with E-state index in [0.717, 1.165) is 19.3 Å². The molecule has 0 fully saturated rings. The molecule has 2 aromatic rings. The van der Waals surface area contributed by atoms with Gasteiger partial charge in [-0.25, -0.2) is 0 Å². The van der Waals surface area contributed by atoms with Crippen LogP contribution in [0.5, 0.6) is 0 Å². The van der Waals surface area contributed by atoms with Gasteiger partial charge in [0.2, 0.25) is 0 Å². The van der Waals surface area contributed by atoms with Gasteiger partial charge in [0.15, 0.2) is 0 Å². The van der Waals surface area contributed by atoms with Crippen LogP contribution in [0.3, 0.4) is 0 Å². The monoisotopic (exact) mass is 258 g/mol. The predicted molar refractivity (Wildman–Crippen MR) is 74.0 cm³/mol. The van der Waals surface area contributed by atoms with Gasteiger partial charge in [0.25, 0.3) is 0 Å². The Morgan fingerprint density at radius 1 is 1.47 bits per heavy atom. The smallest absolute Gasteiger partial charge is 0.319 e. The third-order valence-electron chi connectivity index (χ3n) is 3.84. The van der Waals surface area contributed by atoms with E-state index in [9.17, 15) is 4.79 Å². The van der Waals surface area contributed by atoms with Crippen molar-refractivity contribution in [1.82, 2.24) is 10.3 Å². The van der Waals surface area contributed by atoms with Gasteiger partial charge in [-0.2, -0.15) is 0 Å². The minimum atomic E-state index is -0.219. The fourth-order valence-electron chi connectivity index (χ4n) is 2.90. The predicted octanol–water partition coefficient (Wildman–Crippen LogP) is 2.31. The normalized spacial score (nSPS) is 18.3. The number of carbonyl (C=O) groups excluding carboxylic acids is 1. The molecule has 4 nitrogen and oxygen atoms in total. The lowest BCUT2D eigenvalue weighted by Gasteiger charge is -2.23. The van der Waals surface area contributed by atoms with Crippen molar-refractivity contribution in [2.24, 2.45) is 0 Å². The van der Waals surface area contributed by atoms with Crippen molar-refractivity contribution in [3.8, 4) is 0 Å². The van der Waals surface area contributed by atoms with Crippen molar-refractivity contribution < 1.29 is 9.53 Å². The topological polar surface area (TPSA) is 54.1 Å². The zero-order valence-electron chi connectivity index (χ0n) is 11.0. The van der Waals surface area contributed by atoms with Crippen molar-refractivity contribution in [3.05, 3.63) is 35.5 Å². The molecule has 0 amide bonds. The Morgan fingerprint density at radius 3 is 3.16 bits per heavy atom. The molecule has 1 unspecified atom stereocenters. The minimum absolute atomic E-state index is 0.218. The van der Waals surface area contributed by atoms with Crippen molar-refractivity contribution in [2.45, 2.75) is 25.3 Å². The quantitative estimate of drug-likeness (QED) is 0.831. The summed E-state index contributed by atoms with van der Waals surface area (Å²) in [6.45, 7) is 0.260. The van der Waals surface area contributed by atoms with Gasteiger partial charge in [-0.05, 0) is 30.9 Å². The van der Waals surface area contributed by atoms with Crippen LogP contribution >= 0.6 is 0 Å². The highest BCUT2D eigenvalue weighted by Crippen LogP contribution is 2.34. The molecule has 100 valence electrons. The number of aryl methyl sites for hydroxylation is 1. The number of fused-ring (bicyclic) bond motifs is 3. The van der Waals surface area contributed by atoms with E-state index in [-0.39, 0.29) is 18.6 Å². The molecule has 1 heterocycles. The second kappa shape index (κ2) is 5.05. The molecule has 1 aliphatic carbocycles. The average molecular weight is 258 g/mol. The van der Waals surface area contributed by atoms with Crippen LogP contribution in [0.1, 0.15) is 30.1 Å². The highest BCUT2D eigenvalue weighted by molar-refractivity contribution is 5.85. The molecule has 0 radical (unpaired) electrons. The Hall–Kier alpha value is -1.81. The molecule has 0 spiro atoms. The Balaban J connectivity index is 1.89. The number of hydrogen-bond donors (Lipinski definition) is 2. The number of para-hydroxylation sites is 1. The average Bonchev–Trinajstić information content (AvgIpc) is 2.84. The van der Waals surface area contributed by atoms with Gasteiger partial charge in [0.1, 0.15) is 0 Å². The van der Waals surface area contributed by atoms with Crippen LogP contribution in [0, 0.1) is 0 Å². The standard InChI is InChI=1S/C15H18N2O2/c1-19-14(18)9-16-13-8-4-6-11-10-5-2-3-7-12(10)17-15(11)13/h2-3,5,7,13,16-17H,4,6,8-9H2,1H3. The van der Waals surface area contributed by atoms with Crippen LogP contribution in [0.25, 0.3) is 10.9 Å². The van der Waals surface area contributed by atoms with Crippen LogP contribution in [-0.2, 0) is 16.0 Å². The zero-order chi connectivity index (χ0) is 13.2. The Labute approximate surface area is 112 Å². The molecule has 0 saturated heterocycles. The van der Waals surface area contributed by atoms with E-state index in [1.165, 1.54) is 29.3 Å². The molecular weight excluding hydrogens is 240 g/mol. The van der Waals surface area contributed by atoms with Crippen LogP contribution in [0.15, 0.2) is 24.3 Å². The van der Waals surface area contributed by atoms with Gasteiger partial charge >= 0.3 is 5.97 Å². The highest BCUT2D eigenvalue weighted by atomic mass is 16.5. The fraction of sp³-hybridized carbons (Fsp3) is 0.400. The molecule has 0 bridgehead atoms. The molecule has 2 N–H and O–H groups in total.